The molecule has 1 N–H and O–H groups in total. The quantitative estimate of drug-likeness (QED) is 0.391. The minimum absolute atomic E-state index is 0.0294. The molecule has 0 aliphatic carbocycles. The maximum Gasteiger partial charge on any atom is 0.306 e. The average Bonchev–Trinajstić information content (AvgIpc) is 3.24. The largest absolute Gasteiger partial charge is 0.325 e. The van der Waals surface area contributed by atoms with E-state index < -0.39 is 22.3 Å². The number of hydrogen-bond acceptors (Lipinski definition) is 7. The lowest BCUT2D eigenvalue weighted by atomic mass is 10.2. The fourth-order valence-electron chi connectivity index (χ4n) is 2.12. The Hall–Kier alpha value is -2.79. The summed E-state index contributed by atoms with van der Waals surface area (Å²) in [6.07, 6.45) is 0. The molecule has 0 fully saturated rings. The number of thioether (sulfide) groups is 1. The molecule has 0 radical (unpaired) electrons. The molecule has 1 amide bonds. The predicted octanol–water partition coefficient (Wildman–Crippen LogP) is 3.32. The van der Waals surface area contributed by atoms with Crippen LogP contribution in [0.1, 0.15) is 0 Å². The van der Waals surface area contributed by atoms with Gasteiger partial charge in [0.1, 0.15) is 0 Å². The van der Waals surface area contributed by atoms with Crippen LogP contribution in [-0.4, -0.2) is 31.3 Å². The molecule has 0 aliphatic heterocycles. The normalized spacial score (nSPS) is 10.7. The summed E-state index contributed by atoms with van der Waals surface area (Å²) < 4.78 is 15.1. The van der Waals surface area contributed by atoms with Crippen molar-refractivity contribution in [1.29, 1.82) is 0 Å². The first-order valence-corrected chi connectivity index (χ1v) is 9.12. The summed E-state index contributed by atoms with van der Waals surface area (Å²) in [7, 11) is 1.80. The minimum Gasteiger partial charge on any atom is -0.325 e. The minimum atomic E-state index is -0.956. The first-order valence-electron chi connectivity index (χ1n) is 7.25. The van der Waals surface area contributed by atoms with E-state index in [0.29, 0.717) is 11.0 Å². The van der Waals surface area contributed by atoms with Crippen molar-refractivity contribution in [3.8, 4) is 10.7 Å². The molecule has 11 heteroatoms. The zero-order valence-corrected chi connectivity index (χ0v) is 15.0. The topological polar surface area (TPSA) is 103 Å². The number of carbonyl (C=O) groups excluding carboxylic acids is 1. The number of hydrogen-bond donors (Lipinski definition) is 1. The van der Waals surface area contributed by atoms with Crippen LogP contribution in [-0.2, 0) is 11.8 Å². The molecule has 3 rings (SSSR count). The summed E-state index contributed by atoms with van der Waals surface area (Å²) in [5, 5.41) is 23.9. The van der Waals surface area contributed by atoms with Crippen LogP contribution in [0.5, 0.6) is 0 Å². The summed E-state index contributed by atoms with van der Waals surface area (Å²) in [5.41, 5.74) is -0.537. The third-order valence-electron chi connectivity index (χ3n) is 3.34. The molecule has 134 valence electrons. The van der Waals surface area contributed by atoms with Gasteiger partial charge in [0.2, 0.25) is 11.7 Å². The number of benzene rings is 1. The second-order valence-corrected chi connectivity index (χ2v) is 6.99. The van der Waals surface area contributed by atoms with Gasteiger partial charge in [-0.25, -0.2) is 0 Å². The number of anilines is 1. The van der Waals surface area contributed by atoms with Crippen LogP contribution in [0.15, 0.2) is 40.9 Å². The first kappa shape index (κ1) is 18.0. The third-order valence-corrected chi connectivity index (χ3v) is 5.22. The van der Waals surface area contributed by atoms with E-state index in [2.05, 4.69) is 15.5 Å². The number of aromatic nitrogens is 3. The number of nitrogens with zero attached hydrogens (tertiary/aromatic N) is 4. The number of halogens is 1. The van der Waals surface area contributed by atoms with Crippen LogP contribution >= 0.6 is 23.1 Å². The van der Waals surface area contributed by atoms with Crippen molar-refractivity contribution in [2.75, 3.05) is 11.1 Å². The van der Waals surface area contributed by atoms with E-state index in [1.165, 1.54) is 29.2 Å². The highest BCUT2D eigenvalue weighted by molar-refractivity contribution is 7.99. The SMILES string of the molecule is Cn1c(SCC(=O)Nc2ccc(F)c([N+](=O)[O-])c2)nnc1-c1cccs1. The molecule has 2 heterocycles. The summed E-state index contributed by atoms with van der Waals surface area (Å²) in [6, 6.07) is 7.03. The smallest absolute Gasteiger partial charge is 0.306 e. The van der Waals surface area contributed by atoms with Crippen molar-refractivity contribution in [3.63, 3.8) is 0 Å². The van der Waals surface area contributed by atoms with Crippen molar-refractivity contribution >= 4 is 40.4 Å². The fourth-order valence-corrected chi connectivity index (χ4v) is 3.57. The molecule has 26 heavy (non-hydrogen) atoms. The molecule has 8 nitrogen and oxygen atoms in total. The summed E-state index contributed by atoms with van der Waals surface area (Å²) in [4.78, 5) is 22.9. The van der Waals surface area contributed by atoms with Crippen molar-refractivity contribution in [1.82, 2.24) is 14.8 Å². The van der Waals surface area contributed by atoms with Gasteiger partial charge in [0, 0.05) is 18.8 Å². The fraction of sp³-hybridized carbons (Fsp3) is 0.133. The summed E-state index contributed by atoms with van der Waals surface area (Å²) in [6.45, 7) is 0. The zero-order chi connectivity index (χ0) is 18.7. The first-order chi connectivity index (χ1) is 12.5. The number of rotatable bonds is 6. The molecule has 0 saturated carbocycles. The maximum atomic E-state index is 13.3. The van der Waals surface area contributed by atoms with E-state index in [-0.39, 0.29) is 11.4 Å². The Balaban J connectivity index is 1.63. The molecule has 3 aromatic rings. The van der Waals surface area contributed by atoms with E-state index in [9.17, 15) is 19.3 Å². The van der Waals surface area contributed by atoms with Crippen molar-refractivity contribution in [3.05, 3.63) is 51.6 Å². The van der Waals surface area contributed by atoms with Crippen LogP contribution < -0.4 is 5.32 Å². The highest BCUT2D eigenvalue weighted by atomic mass is 32.2. The predicted molar refractivity (Wildman–Crippen MR) is 96.7 cm³/mol. The molecule has 1 aromatic carbocycles. The standard InChI is InChI=1S/C15H12FN5O3S2/c1-20-14(12-3-2-6-25-12)18-19-15(20)26-8-13(22)17-9-4-5-10(16)11(7-9)21(23)24/h2-7H,8H2,1H3,(H,17,22). The van der Waals surface area contributed by atoms with Gasteiger partial charge < -0.3 is 9.88 Å². The van der Waals surface area contributed by atoms with Crippen molar-refractivity contribution in [2.24, 2.45) is 7.05 Å². The molecular weight excluding hydrogens is 381 g/mol. The average molecular weight is 393 g/mol. The van der Waals surface area contributed by atoms with E-state index in [1.807, 2.05) is 17.5 Å². The Labute approximate surface area is 155 Å². The lowest BCUT2D eigenvalue weighted by molar-refractivity contribution is -0.387. The molecule has 0 bridgehead atoms. The van der Waals surface area contributed by atoms with Gasteiger partial charge >= 0.3 is 5.69 Å². The van der Waals surface area contributed by atoms with Gasteiger partial charge in [-0.1, -0.05) is 17.8 Å². The van der Waals surface area contributed by atoms with Gasteiger partial charge in [0.25, 0.3) is 0 Å². The Bertz CT molecular complexity index is 958. The van der Waals surface area contributed by atoms with E-state index >= 15 is 0 Å². The zero-order valence-electron chi connectivity index (χ0n) is 13.4. The number of nitro benzene ring substituents is 1. The number of amides is 1. The third kappa shape index (κ3) is 3.89. The molecule has 0 unspecified atom stereocenters. The second-order valence-electron chi connectivity index (χ2n) is 5.10. The van der Waals surface area contributed by atoms with Crippen LogP contribution in [0.25, 0.3) is 10.7 Å². The summed E-state index contributed by atoms with van der Waals surface area (Å²) >= 11 is 2.72. The maximum absolute atomic E-state index is 13.3. The Morgan fingerprint density at radius 1 is 1.42 bits per heavy atom. The van der Waals surface area contributed by atoms with Crippen LogP contribution in [0.2, 0.25) is 0 Å². The lowest BCUT2D eigenvalue weighted by Crippen LogP contribution is -2.14. The number of thiophene rings is 1. The Morgan fingerprint density at radius 3 is 2.92 bits per heavy atom. The van der Waals surface area contributed by atoms with Gasteiger partial charge in [-0.15, -0.1) is 21.5 Å². The molecule has 0 aliphatic rings. The van der Waals surface area contributed by atoms with Crippen molar-refractivity contribution in [2.45, 2.75) is 5.16 Å². The second kappa shape index (κ2) is 7.62. The van der Waals surface area contributed by atoms with E-state index in [4.69, 9.17) is 0 Å². The van der Waals surface area contributed by atoms with Gasteiger partial charge in [-0.2, -0.15) is 4.39 Å². The molecule has 0 spiro atoms. The Morgan fingerprint density at radius 2 is 2.23 bits per heavy atom. The highest BCUT2D eigenvalue weighted by Gasteiger charge is 2.16. The molecule has 0 saturated heterocycles. The number of nitrogens with one attached hydrogen (secondary N) is 1. The number of carbonyl (C=O) groups is 1. The summed E-state index contributed by atoms with van der Waals surface area (Å²) in [5.74, 6) is -0.613. The van der Waals surface area contributed by atoms with Crippen LogP contribution in [0.3, 0.4) is 0 Å². The highest BCUT2D eigenvalue weighted by Crippen LogP contribution is 2.26. The van der Waals surface area contributed by atoms with E-state index in [0.717, 1.165) is 17.0 Å². The van der Waals surface area contributed by atoms with Gasteiger partial charge in [-0.05, 0) is 23.6 Å². The van der Waals surface area contributed by atoms with Gasteiger partial charge in [-0.3, -0.25) is 14.9 Å². The van der Waals surface area contributed by atoms with Gasteiger partial charge in [0.15, 0.2) is 11.0 Å². The molecular formula is C15H12FN5O3S2. The number of nitro groups is 1. The van der Waals surface area contributed by atoms with Gasteiger partial charge in [0.05, 0.1) is 15.6 Å². The van der Waals surface area contributed by atoms with Crippen LogP contribution in [0.4, 0.5) is 15.8 Å². The monoisotopic (exact) mass is 393 g/mol. The molecule has 0 atom stereocenters. The lowest BCUT2D eigenvalue weighted by Gasteiger charge is -2.05. The van der Waals surface area contributed by atoms with Crippen LogP contribution in [0, 0.1) is 15.9 Å². The Kier molecular flexibility index (Phi) is 5.28. The molecule has 2 aromatic heterocycles. The van der Waals surface area contributed by atoms with Crippen molar-refractivity contribution < 1.29 is 14.1 Å². The van der Waals surface area contributed by atoms with E-state index in [1.54, 1.807) is 11.6 Å².